The summed E-state index contributed by atoms with van der Waals surface area (Å²) in [4.78, 5) is 21.2. The third kappa shape index (κ3) is 3.22. The maximum Gasteiger partial charge on any atom is 0.276 e. The van der Waals surface area contributed by atoms with Crippen molar-refractivity contribution >= 4 is 38.6 Å². The molecule has 2 heterocycles. The van der Waals surface area contributed by atoms with Crippen molar-refractivity contribution in [2.45, 2.75) is 36.7 Å². The lowest BCUT2D eigenvalue weighted by atomic mass is 10.2. The highest BCUT2D eigenvalue weighted by Crippen LogP contribution is 2.31. The smallest absolute Gasteiger partial charge is 0.276 e. The minimum Gasteiger partial charge on any atom is -0.328 e. The van der Waals surface area contributed by atoms with Crippen LogP contribution in [0.4, 0.5) is 5.69 Å². The Kier molecular flexibility index (Phi) is 4.69. The van der Waals surface area contributed by atoms with Gasteiger partial charge in [-0.25, -0.2) is 14.6 Å². The zero-order valence-electron chi connectivity index (χ0n) is 14.1. The van der Waals surface area contributed by atoms with E-state index in [1.807, 2.05) is 28.9 Å². The van der Waals surface area contributed by atoms with Gasteiger partial charge in [0, 0.05) is 23.3 Å². The Morgan fingerprint density at radius 2 is 2.12 bits per heavy atom. The number of benzene rings is 1. The van der Waals surface area contributed by atoms with Gasteiger partial charge in [0.25, 0.3) is 5.91 Å². The molecule has 0 bridgehead atoms. The number of nitrogens with two attached hydrogens (primary N) is 1. The molecular weight excluding hydrogens is 396 g/mol. The third-order valence-electron chi connectivity index (χ3n) is 4.74. The molecule has 2 atom stereocenters. The Morgan fingerprint density at radius 3 is 2.81 bits per heavy atom. The van der Waals surface area contributed by atoms with Crippen molar-refractivity contribution in [3.63, 3.8) is 0 Å². The molecule has 26 heavy (non-hydrogen) atoms. The Bertz CT molecular complexity index is 939. The summed E-state index contributed by atoms with van der Waals surface area (Å²) in [5, 5.41) is 8.91. The van der Waals surface area contributed by atoms with Gasteiger partial charge in [-0.15, -0.1) is 0 Å². The molecule has 1 amide bonds. The Balaban J connectivity index is 1.66. The van der Waals surface area contributed by atoms with Gasteiger partial charge in [0.2, 0.25) is 0 Å². The summed E-state index contributed by atoms with van der Waals surface area (Å²) < 4.78 is 1.84. The molecule has 1 fully saturated rings. The van der Waals surface area contributed by atoms with Gasteiger partial charge in [-0.3, -0.25) is 4.79 Å². The van der Waals surface area contributed by atoms with Crippen LogP contribution in [0.2, 0.25) is 0 Å². The molecule has 8 heteroatoms. The van der Waals surface area contributed by atoms with E-state index < -0.39 is 0 Å². The Labute approximate surface area is 159 Å². The molecule has 134 valence electrons. The van der Waals surface area contributed by atoms with Crippen LogP contribution in [-0.2, 0) is 5.33 Å². The molecule has 1 aliphatic carbocycles. The molecule has 2 unspecified atom stereocenters. The molecule has 7 nitrogen and oxygen atoms in total. The molecule has 2 aromatic heterocycles. The standard InChI is InChI=1S/C18H19BrN6O/c19-8-11-1-4-13(5-2-11)23-18(26)16-15-9-21-10-22-17(15)25(24-16)14-6-3-12(20)7-14/h1-2,4-5,9-10,12,14H,3,6-8,20H2,(H,23,26). The maximum absolute atomic E-state index is 12.8. The summed E-state index contributed by atoms with van der Waals surface area (Å²) in [6, 6.07) is 8.02. The first-order valence-electron chi connectivity index (χ1n) is 8.55. The van der Waals surface area contributed by atoms with Gasteiger partial charge in [-0.05, 0) is 37.0 Å². The zero-order chi connectivity index (χ0) is 18.1. The van der Waals surface area contributed by atoms with Gasteiger partial charge in [0.15, 0.2) is 11.3 Å². The maximum atomic E-state index is 12.8. The van der Waals surface area contributed by atoms with Gasteiger partial charge >= 0.3 is 0 Å². The van der Waals surface area contributed by atoms with Crippen LogP contribution in [0.1, 0.15) is 41.4 Å². The molecule has 1 aliphatic rings. The van der Waals surface area contributed by atoms with Crippen LogP contribution in [0.3, 0.4) is 0 Å². The molecule has 3 aromatic rings. The molecule has 1 aromatic carbocycles. The first-order valence-corrected chi connectivity index (χ1v) is 9.68. The van der Waals surface area contributed by atoms with Crippen LogP contribution in [0.25, 0.3) is 11.0 Å². The fraction of sp³-hybridized carbons (Fsp3) is 0.333. The molecular formula is C18H19BrN6O. The summed E-state index contributed by atoms with van der Waals surface area (Å²) in [7, 11) is 0. The second-order valence-electron chi connectivity index (χ2n) is 6.56. The van der Waals surface area contributed by atoms with E-state index in [2.05, 4.69) is 36.3 Å². The summed E-state index contributed by atoms with van der Waals surface area (Å²) >= 11 is 3.41. The normalized spacial score (nSPS) is 19.8. The minimum atomic E-state index is -0.266. The topological polar surface area (TPSA) is 98.7 Å². The van der Waals surface area contributed by atoms with E-state index in [-0.39, 0.29) is 18.0 Å². The van der Waals surface area contributed by atoms with E-state index in [0.29, 0.717) is 16.7 Å². The highest BCUT2D eigenvalue weighted by molar-refractivity contribution is 9.08. The minimum absolute atomic E-state index is 0.169. The SMILES string of the molecule is NC1CCC(n2nc(C(=O)Nc3ccc(CBr)cc3)c3cncnc32)C1. The van der Waals surface area contributed by atoms with Crippen LogP contribution in [-0.4, -0.2) is 31.7 Å². The van der Waals surface area contributed by atoms with E-state index in [4.69, 9.17) is 5.73 Å². The van der Waals surface area contributed by atoms with Crippen molar-refractivity contribution in [3.05, 3.63) is 48.0 Å². The second kappa shape index (κ2) is 7.13. The second-order valence-corrected chi connectivity index (χ2v) is 7.13. The largest absolute Gasteiger partial charge is 0.328 e. The van der Waals surface area contributed by atoms with E-state index >= 15 is 0 Å². The number of amides is 1. The van der Waals surface area contributed by atoms with Crippen LogP contribution >= 0.6 is 15.9 Å². The van der Waals surface area contributed by atoms with Crippen LogP contribution in [0, 0.1) is 0 Å². The average molecular weight is 415 g/mol. The number of nitrogens with zero attached hydrogens (tertiary/aromatic N) is 4. The van der Waals surface area contributed by atoms with Crippen molar-refractivity contribution < 1.29 is 4.79 Å². The summed E-state index contributed by atoms with van der Waals surface area (Å²) in [5.74, 6) is -0.266. The van der Waals surface area contributed by atoms with Gasteiger partial charge in [-0.1, -0.05) is 28.1 Å². The number of hydrogen-bond donors (Lipinski definition) is 2. The molecule has 0 radical (unpaired) electrons. The van der Waals surface area contributed by atoms with Gasteiger partial charge in [-0.2, -0.15) is 5.10 Å². The number of hydrogen-bond acceptors (Lipinski definition) is 5. The number of aromatic nitrogens is 4. The predicted octanol–water partition coefficient (Wildman–Crippen LogP) is 3.03. The van der Waals surface area contributed by atoms with Crippen molar-refractivity contribution in [3.8, 4) is 0 Å². The molecule has 0 spiro atoms. The van der Waals surface area contributed by atoms with Crippen LogP contribution < -0.4 is 11.1 Å². The summed E-state index contributed by atoms with van der Waals surface area (Å²) in [5.41, 5.74) is 8.93. The lowest BCUT2D eigenvalue weighted by molar-refractivity contribution is 0.102. The number of carbonyl (C=O) groups excluding carboxylic acids is 1. The van der Waals surface area contributed by atoms with Crippen LogP contribution in [0.15, 0.2) is 36.8 Å². The van der Waals surface area contributed by atoms with E-state index in [1.54, 1.807) is 6.20 Å². The fourth-order valence-electron chi connectivity index (χ4n) is 3.39. The number of carbonyl (C=O) groups is 1. The number of anilines is 1. The molecule has 0 aliphatic heterocycles. The highest BCUT2D eigenvalue weighted by atomic mass is 79.9. The van der Waals surface area contributed by atoms with E-state index in [0.717, 1.165) is 35.8 Å². The quantitative estimate of drug-likeness (QED) is 0.639. The Morgan fingerprint density at radius 1 is 1.31 bits per heavy atom. The lowest BCUT2D eigenvalue weighted by Gasteiger charge is -2.10. The number of alkyl halides is 1. The van der Waals surface area contributed by atoms with Crippen molar-refractivity contribution in [1.29, 1.82) is 0 Å². The monoisotopic (exact) mass is 414 g/mol. The highest BCUT2D eigenvalue weighted by Gasteiger charge is 2.28. The third-order valence-corrected chi connectivity index (χ3v) is 5.39. The van der Waals surface area contributed by atoms with E-state index in [9.17, 15) is 4.79 Å². The number of rotatable bonds is 4. The van der Waals surface area contributed by atoms with Gasteiger partial charge < -0.3 is 11.1 Å². The van der Waals surface area contributed by atoms with E-state index in [1.165, 1.54) is 6.33 Å². The lowest BCUT2D eigenvalue weighted by Crippen LogP contribution is -2.17. The van der Waals surface area contributed by atoms with Crippen molar-refractivity contribution in [2.24, 2.45) is 5.73 Å². The molecule has 0 saturated heterocycles. The van der Waals surface area contributed by atoms with Crippen molar-refractivity contribution in [2.75, 3.05) is 5.32 Å². The van der Waals surface area contributed by atoms with Gasteiger partial charge in [0.1, 0.15) is 6.33 Å². The summed E-state index contributed by atoms with van der Waals surface area (Å²) in [6.07, 6.45) is 5.87. The first-order chi connectivity index (χ1) is 12.7. The number of nitrogens with one attached hydrogen (secondary N) is 1. The van der Waals surface area contributed by atoms with Crippen molar-refractivity contribution in [1.82, 2.24) is 19.7 Å². The molecule has 3 N–H and O–H groups in total. The number of fused-ring (bicyclic) bond motifs is 1. The Hall–Kier alpha value is -2.32. The number of halogens is 1. The zero-order valence-corrected chi connectivity index (χ0v) is 15.7. The predicted molar refractivity (Wildman–Crippen MR) is 103 cm³/mol. The average Bonchev–Trinajstić information content (AvgIpc) is 3.26. The fourth-order valence-corrected chi connectivity index (χ4v) is 3.76. The van der Waals surface area contributed by atoms with Crippen LogP contribution in [0.5, 0.6) is 0 Å². The summed E-state index contributed by atoms with van der Waals surface area (Å²) in [6.45, 7) is 0. The molecule has 1 saturated carbocycles. The molecule has 4 rings (SSSR count). The van der Waals surface area contributed by atoms with Gasteiger partial charge in [0.05, 0.1) is 11.4 Å². The first kappa shape index (κ1) is 17.1.